The zero-order valence-electron chi connectivity index (χ0n) is 9.69. The first-order valence-electron chi connectivity index (χ1n) is 4.95. The fourth-order valence-corrected chi connectivity index (χ4v) is 0.972. The molecule has 0 rings (SSSR count). The maximum Gasteiger partial charge on any atom is 0.315 e. The zero-order chi connectivity index (χ0) is 12.0. The number of hydrogen-bond donors (Lipinski definition) is 1. The highest BCUT2D eigenvalue weighted by Crippen LogP contribution is 2.01. The maximum atomic E-state index is 11.4. The van der Waals surface area contributed by atoms with Crippen LogP contribution in [-0.2, 0) is 14.3 Å². The molecule has 0 radical (unpaired) electrons. The first-order valence-corrected chi connectivity index (χ1v) is 4.95. The monoisotopic (exact) mass is 217 g/mol. The Hall–Kier alpha value is -1.10. The van der Waals surface area contributed by atoms with E-state index in [2.05, 4.69) is 0 Å². The van der Waals surface area contributed by atoms with Gasteiger partial charge in [0.05, 0.1) is 12.7 Å². The zero-order valence-corrected chi connectivity index (χ0v) is 9.69. The van der Waals surface area contributed by atoms with E-state index in [-0.39, 0.29) is 6.10 Å². The number of hydrogen-bond acceptors (Lipinski definition) is 3. The molecule has 0 bridgehead atoms. The predicted octanol–water partition coefficient (Wildman–Crippen LogP) is 0.590. The number of rotatable bonds is 6. The molecule has 0 aromatic carbocycles. The average Bonchev–Trinajstić information content (AvgIpc) is 2.14. The van der Waals surface area contributed by atoms with Gasteiger partial charge in [-0.2, -0.15) is 0 Å². The lowest BCUT2D eigenvalue weighted by atomic mass is 10.1. The molecule has 0 fully saturated rings. The topological polar surface area (TPSA) is 66.8 Å². The molecule has 0 aliphatic heterocycles. The highest BCUT2D eigenvalue weighted by molar-refractivity contribution is 5.96. The summed E-state index contributed by atoms with van der Waals surface area (Å²) >= 11 is 0. The number of carboxylic acids is 1. The SMILES string of the molecule is CC(C)OCCN(C)C(=O)C(C)C(=O)O. The van der Waals surface area contributed by atoms with Crippen LogP contribution in [0.3, 0.4) is 0 Å². The number of carbonyl (C=O) groups excluding carboxylic acids is 1. The number of likely N-dealkylation sites (N-methyl/N-ethyl adjacent to an activating group) is 1. The first-order chi connectivity index (χ1) is 6.86. The smallest absolute Gasteiger partial charge is 0.315 e. The van der Waals surface area contributed by atoms with Crippen molar-refractivity contribution in [2.45, 2.75) is 26.9 Å². The second-order valence-electron chi connectivity index (χ2n) is 3.74. The van der Waals surface area contributed by atoms with Crippen LogP contribution in [0.15, 0.2) is 0 Å². The lowest BCUT2D eigenvalue weighted by molar-refractivity contribution is -0.150. The molecular formula is C10H19NO4. The summed E-state index contributed by atoms with van der Waals surface area (Å²) in [5.41, 5.74) is 0. The van der Waals surface area contributed by atoms with Crippen LogP contribution in [0.4, 0.5) is 0 Å². The summed E-state index contributed by atoms with van der Waals surface area (Å²) in [5, 5.41) is 8.64. The van der Waals surface area contributed by atoms with Crippen molar-refractivity contribution in [2.24, 2.45) is 5.92 Å². The van der Waals surface area contributed by atoms with Gasteiger partial charge in [0.25, 0.3) is 0 Å². The number of amides is 1. The minimum atomic E-state index is -1.10. The Morgan fingerprint density at radius 3 is 2.27 bits per heavy atom. The molecule has 0 aliphatic rings. The Labute approximate surface area is 90.0 Å². The largest absolute Gasteiger partial charge is 0.481 e. The quantitative estimate of drug-likeness (QED) is 0.661. The van der Waals surface area contributed by atoms with E-state index >= 15 is 0 Å². The molecule has 5 nitrogen and oxygen atoms in total. The molecule has 0 spiro atoms. The van der Waals surface area contributed by atoms with E-state index in [4.69, 9.17) is 9.84 Å². The molecule has 1 atom stereocenters. The van der Waals surface area contributed by atoms with E-state index in [1.54, 1.807) is 7.05 Å². The fraction of sp³-hybridized carbons (Fsp3) is 0.800. The molecule has 1 N–H and O–H groups in total. The van der Waals surface area contributed by atoms with Crippen LogP contribution in [0.25, 0.3) is 0 Å². The Bertz CT molecular complexity index is 227. The van der Waals surface area contributed by atoms with Crippen LogP contribution in [0, 0.1) is 5.92 Å². The highest BCUT2D eigenvalue weighted by atomic mass is 16.5. The van der Waals surface area contributed by atoms with E-state index in [0.29, 0.717) is 13.2 Å². The van der Waals surface area contributed by atoms with Crippen molar-refractivity contribution in [1.29, 1.82) is 0 Å². The van der Waals surface area contributed by atoms with Crippen molar-refractivity contribution in [3.05, 3.63) is 0 Å². The molecular weight excluding hydrogens is 198 g/mol. The van der Waals surface area contributed by atoms with Gasteiger partial charge < -0.3 is 14.7 Å². The van der Waals surface area contributed by atoms with E-state index in [0.717, 1.165) is 0 Å². The van der Waals surface area contributed by atoms with Gasteiger partial charge >= 0.3 is 5.97 Å². The highest BCUT2D eigenvalue weighted by Gasteiger charge is 2.23. The van der Waals surface area contributed by atoms with Gasteiger partial charge in [-0.15, -0.1) is 0 Å². The summed E-state index contributed by atoms with van der Waals surface area (Å²) in [4.78, 5) is 23.4. The Morgan fingerprint density at radius 2 is 1.87 bits per heavy atom. The van der Waals surface area contributed by atoms with E-state index in [1.807, 2.05) is 13.8 Å². The molecule has 15 heavy (non-hydrogen) atoms. The average molecular weight is 217 g/mol. The fourth-order valence-electron chi connectivity index (χ4n) is 0.972. The Kier molecular flexibility index (Phi) is 5.93. The summed E-state index contributed by atoms with van der Waals surface area (Å²) in [6.45, 7) is 6.02. The van der Waals surface area contributed by atoms with Crippen LogP contribution in [0.5, 0.6) is 0 Å². The number of carboxylic acid groups (broad SMARTS) is 1. The minimum Gasteiger partial charge on any atom is -0.481 e. The predicted molar refractivity (Wildman–Crippen MR) is 55.5 cm³/mol. The van der Waals surface area contributed by atoms with E-state index in [9.17, 15) is 9.59 Å². The van der Waals surface area contributed by atoms with Crippen LogP contribution < -0.4 is 0 Å². The van der Waals surface area contributed by atoms with Crippen molar-refractivity contribution < 1.29 is 19.4 Å². The number of ether oxygens (including phenoxy) is 1. The molecule has 1 amide bonds. The van der Waals surface area contributed by atoms with Gasteiger partial charge in [0.15, 0.2) is 0 Å². The number of nitrogens with zero attached hydrogens (tertiary/aromatic N) is 1. The van der Waals surface area contributed by atoms with Gasteiger partial charge in [0.1, 0.15) is 5.92 Å². The Morgan fingerprint density at radius 1 is 1.33 bits per heavy atom. The van der Waals surface area contributed by atoms with Gasteiger partial charge in [-0.3, -0.25) is 9.59 Å². The number of carbonyl (C=O) groups is 2. The van der Waals surface area contributed by atoms with E-state index in [1.165, 1.54) is 11.8 Å². The van der Waals surface area contributed by atoms with Crippen molar-refractivity contribution >= 4 is 11.9 Å². The Balaban J connectivity index is 3.94. The summed E-state index contributed by atoms with van der Waals surface area (Å²) in [7, 11) is 1.57. The third-order valence-electron chi connectivity index (χ3n) is 1.99. The first kappa shape index (κ1) is 13.9. The molecule has 0 saturated heterocycles. The molecule has 88 valence electrons. The normalized spacial score (nSPS) is 12.6. The third kappa shape index (κ3) is 5.37. The number of aliphatic carboxylic acids is 1. The maximum absolute atomic E-state index is 11.4. The van der Waals surface area contributed by atoms with Gasteiger partial charge in [-0.05, 0) is 20.8 Å². The van der Waals surface area contributed by atoms with Crippen LogP contribution in [-0.4, -0.2) is 48.2 Å². The molecule has 0 aromatic rings. The molecule has 0 aliphatic carbocycles. The van der Waals surface area contributed by atoms with Crippen molar-refractivity contribution in [1.82, 2.24) is 4.90 Å². The van der Waals surface area contributed by atoms with Crippen molar-refractivity contribution in [2.75, 3.05) is 20.2 Å². The van der Waals surface area contributed by atoms with Gasteiger partial charge in [0.2, 0.25) is 5.91 Å². The lowest BCUT2D eigenvalue weighted by Crippen LogP contribution is -2.37. The standard InChI is InChI=1S/C10H19NO4/c1-7(2)15-6-5-11(4)9(12)8(3)10(13)14/h7-8H,5-6H2,1-4H3,(H,13,14). The van der Waals surface area contributed by atoms with Crippen LogP contribution in [0.1, 0.15) is 20.8 Å². The second-order valence-corrected chi connectivity index (χ2v) is 3.74. The van der Waals surface area contributed by atoms with Crippen LogP contribution in [0.2, 0.25) is 0 Å². The van der Waals surface area contributed by atoms with Gasteiger partial charge in [0, 0.05) is 13.6 Å². The summed E-state index contributed by atoms with van der Waals surface area (Å²) in [6.07, 6.45) is 0.116. The molecule has 5 heteroatoms. The summed E-state index contributed by atoms with van der Waals surface area (Å²) in [6, 6.07) is 0. The van der Waals surface area contributed by atoms with Crippen LogP contribution >= 0.6 is 0 Å². The molecule has 0 saturated carbocycles. The van der Waals surface area contributed by atoms with Gasteiger partial charge in [-0.25, -0.2) is 0 Å². The van der Waals surface area contributed by atoms with Crippen molar-refractivity contribution in [3.63, 3.8) is 0 Å². The van der Waals surface area contributed by atoms with E-state index < -0.39 is 17.8 Å². The summed E-state index contributed by atoms with van der Waals surface area (Å²) < 4.78 is 5.26. The molecule has 0 aromatic heterocycles. The van der Waals surface area contributed by atoms with Crippen molar-refractivity contribution in [3.8, 4) is 0 Å². The lowest BCUT2D eigenvalue weighted by Gasteiger charge is -2.19. The second kappa shape index (κ2) is 6.40. The third-order valence-corrected chi connectivity index (χ3v) is 1.99. The molecule has 0 heterocycles. The molecule has 1 unspecified atom stereocenters. The summed E-state index contributed by atoms with van der Waals surface area (Å²) in [5.74, 6) is -2.49. The van der Waals surface area contributed by atoms with Gasteiger partial charge in [-0.1, -0.05) is 0 Å². The minimum absolute atomic E-state index is 0.116.